The molecule has 0 amide bonds. The maximum absolute atomic E-state index is 3.66. The Labute approximate surface area is 88.1 Å². The smallest absolute Gasteiger partial charge is 0.0223 e. The van der Waals surface area contributed by atoms with Crippen molar-refractivity contribution in [3.05, 3.63) is 0 Å². The van der Waals surface area contributed by atoms with Gasteiger partial charge in [0.05, 0.1) is 0 Å². The summed E-state index contributed by atoms with van der Waals surface area (Å²) in [5.74, 6) is 0.961. The lowest BCUT2D eigenvalue weighted by molar-refractivity contribution is 0.131. The van der Waals surface area contributed by atoms with E-state index in [0.717, 1.165) is 12.0 Å². The molecule has 2 nitrogen and oxygen atoms in total. The fraction of sp³-hybridized carbons (Fsp3) is 1.00. The Hall–Kier alpha value is -0.0800. The molecule has 2 unspecified atom stereocenters. The third kappa shape index (κ3) is 2.12. The van der Waals surface area contributed by atoms with Gasteiger partial charge in [0.1, 0.15) is 0 Å². The van der Waals surface area contributed by atoms with Crippen molar-refractivity contribution in [1.82, 2.24) is 10.2 Å². The van der Waals surface area contributed by atoms with Crippen LogP contribution in [0.25, 0.3) is 0 Å². The van der Waals surface area contributed by atoms with Gasteiger partial charge in [-0.25, -0.2) is 0 Å². The first-order valence-corrected chi connectivity index (χ1v) is 6.06. The highest BCUT2D eigenvalue weighted by atomic mass is 15.2. The van der Waals surface area contributed by atoms with E-state index < -0.39 is 0 Å². The molecule has 2 aliphatic rings. The Balaban J connectivity index is 2.02. The minimum atomic E-state index is 0.346. The lowest BCUT2D eigenvalue weighted by atomic mass is 9.96. The molecule has 0 spiro atoms. The summed E-state index contributed by atoms with van der Waals surface area (Å²) in [6, 6.07) is 0.775. The second-order valence-corrected chi connectivity index (χ2v) is 5.87. The summed E-state index contributed by atoms with van der Waals surface area (Å²) in [4.78, 5) is 2.65. The van der Waals surface area contributed by atoms with E-state index in [2.05, 4.69) is 31.0 Å². The van der Waals surface area contributed by atoms with Crippen LogP contribution in [0.4, 0.5) is 0 Å². The van der Waals surface area contributed by atoms with Crippen molar-refractivity contribution in [2.75, 3.05) is 19.6 Å². The van der Waals surface area contributed by atoms with Crippen molar-refractivity contribution in [1.29, 1.82) is 0 Å². The molecular formula is C12H24N2. The molecule has 2 rings (SSSR count). The van der Waals surface area contributed by atoms with Gasteiger partial charge >= 0.3 is 0 Å². The van der Waals surface area contributed by atoms with Gasteiger partial charge in [-0.15, -0.1) is 0 Å². The molecule has 2 saturated heterocycles. The summed E-state index contributed by atoms with van der Waals surface area (Å²) in [6.07, 6.45) is 4.23. The molecule has 0 aromatic heterocycles. The van der Waals surface area contributed by atoms with Crippen molar-refractivity contribution < 1.29 is 0 Å². The zero-order valence-corrected chi connectivity index (χ0v) is 9.84. The number of hydrogen-bond acceptors (Lipinski definition) is 2. The van der Waals surface area contributed by atoms with Crippen molar-refractivity contribution in [2.24, 2.45) is 5.92 Å². The van der Waals surface area contributed by atoms with E-state index in [9.17, 15) is 0 Å². The van der Waals surface area contributed by atoms with E-state index in [0.29, 0.717) is 5.54 Å². The summed E-state index contributed by atoms with van der Waals surface area (Å²) in [6.45, 7) is 10.8. The largest absolute Gasteiger partial charge is 0.312 e. The van der Waals surface area contributed by atoms with Gasteiger partial charge in [-0.2, -0.15) is 0 Å². The van der Waals surface area contributed by atoms with Crippen molar-refractivity contribution in [3.63, 3.8) is 0 Å². The molecule has 1 N–H and O–H groups in total. The minimum Gasteiger partial charge on any atom is -0.312 e. The molecular weight excluding hydrogens is 172 g/mol. The van der Waals surface area contributed by atoms with Crippen LogP contribution in [0.2, 0.25) is 0 Å². The molecule has 2 atom stereocenters. The van der Waals surface area contributed by atoms with Crippen LogP contribution in [0.3, 0.4) is 0 Å². The highest BCUT2D eigenvalue weighted by molar-refractivity contribution is 4.91. The number of nitrogens with one attached hydrogen (secondary N) is 1. The molecule has 2 fully saturated rings. The molecule has 2 heteroatoms. The Bertz CT molecular complexity index is 195. The molecule has 0 radical (unpaired) electrons. The Kier molecular flexibility index (Phi) is 2.85. The SMILES string of the molecule is CC(C)(C)N1CCCC2CCNC2C1. The predicted octanol–water partition coefficient (Wildman–Crippen LogP) is 1.86. The number of rotatable bonds is 0. The maximum atomic E-state index is 3.66. The Morgan fingerprint density at radius 1 is 1.21 bits per heavy atom. The summed E-state index contributed by atoms with van der Waals surface area (Å²) in [5.41, 5.74) is 0.346. The lowest BCUT2D eigenvalue weighted by Gasteiger charge is -2.36. The zero-order valence-electron chi connectivity index (χ0n) is 9.84. The van der Waals surface area contributed by atoms with E-state index in [1.165, 1.54) is 38.9 Å². The van der Waals surface area contributed by atoms with Crippen molar-refractivity contribution >= 4 is 0 Å². The normalized spacial score (nSPS) is 35.4. The summed E-state index contributed by atoms with van der Waals surface area (Å²) < 4.78 is 0. The van der Waals surface area contributed by atoms with Crippen LogP contribution in [0.5, 0.6) is 0 Å². The van der Waals surface area contributed by atoms with E-state index in [4.69, 9.17) is 0 Å². The van der Waals surface area contributed by atoms with Gasteiger partial charge in [-0.05, 0) is 59.0 Å². The summed E-state index contributed by atoms with van der Waals surface area (Å²) in [5, 5.41) is 3.66. The van der Waals surface area contributed by atoms with Crippen LogP contribution < -0.4 is 5.32 Å². The summed E-state index contributed by atoms with van der Waals surface area (Å²) >= 11 is 0. The number of fused-ring (bicyclic) bond motifs is 1. The first kappa shape index (κ1) is 10.4. The molecule has 0 saturated carbocycles. The fourth-order valence-corrected chi connectivity index (χ4v) is 2.86. The van der Waals surface area contributed by atoms with Crippen molar-refractivity contribution in [3.8, 4) is 0 Å². The second-order valence-electron chi connectivity index (χ2n) is 5.87. The van der Waals surface area contributed by atoms with Gasteiger partial charge in [0.15, 0.2) is 0 Å². The monoisotopic (exact) mass is 196 g/mol. The van der Waals surface area contributed by atoms with E-state index in [1.807, 2.05) is 0 Å². The highest BCUT2D eigenvalue weighted by Crippen LogP contribution is 2.28. The third-order valence-corrected chi connectivity index (χ3v) is 3.86. The van der Waals surface area contributed by atoms with Crippen LogP contribution in [0.1, 0.15) is 40.0 Å². The van der Waals surface area contributed by atoms with Gasteiger partial charge in [-0.1, -0.05) is 0 Å². The van der Waals surface area contributed by atoms with Crippen LogP contribution in [0, 0.1) is 5.92 Å². The van der Waals surface area contributed by atoms with E-state index in [-0.39, 0.29) is 0 Å². The molecule has 14 heavy (non-hydrogen) atoms. The molecule has 0 aromatic carbocycles. The lowest BCUT2D eigenvalue weighted by Crippen LogP contribution is -2.47. The average molecular weight is 196 g/mol. The van der Waals surface area contributed by atoms with Gasteiger partial charge in [0.2, 0.25) is 0 Å². The molecule has 2 aliphatic heterocycles. The fourth-order valence-electron chi connectivity index (χ4n) is 2.86. The zero-order chi connectivity index (χ0) is 10.2. The first-order chi connectivity index (χ1) is 6.57. The quantitative estimate of drug-likeness (QED) is 0.636. The predicted molar refractivity (Wildman–Crippen MR) is 60.5 cm³/mol. The van der Waals surface area contributed by atoms with Gasteiger partial charge in [0, 0.05) is 18.1 Å². The number of likely N-dealkylation sites (tertiary alicyclic amines) is 1. The Morgan fingerprint density at radius 3 is 2.71 bits per heavy atom. The standard InChI is InChI=1S/C12H24N2/c1-12(2,3)14-8-4-5-10-6-7-13-11(10)9-14/h10-11,13H,4-9H2,1-3H3. The molecule has 82 valence electrons. The van der Waals surface area contributed by atoms with E-state index in [1.54, 1.807) is 0 Å². The van der Waals surface area contributed by atoms with Crippen LogP contribution in [-0.2, 0) is 0 Å². The van der Waals surface area contributed by atoms with Gasteiger partial charge in [-0.3, -0.25) is 4.90 Å². The maximum Gasteiger partial charge on any atom is 0.0223 e. The highest BCUT2D eigenvalue weighted by Gasteiger charge is 2.33. The molecule has 0 aliphatic carbocycles. The minimum absolute atomic E-state index is 0.346. The molecule has 0 aromatic rings. The van der Waals surface area contributed by atoms with Crippen LogP contribution in [-0.4, -0.2) is 36.1 Å². The topological polar surface area (TPSA) is 15.3 Å². The van der Waals surface area contributed by atoms with Crippen LogP contribution >= 0.6 is 0 Å². The number of hydrogen-bond donors (Lipinski definition) is 1. The molecule has 2 heterocycles. The van der Waals surface area contributed by atoms with Crippen molar-refractivity contribution in [2.45, 2.75) is 51.6 Å². The summed E-state index contributed by atoms with van der Waals surface area (Å²) in [7, 11) is 0. The third-order valence-electron chi connectivity index (χ3n) is 3.86. The van der Waals surface area contributed by atoms with Gasteiger partial charge < -0.3 is 5.32 Å². The van der Waals surface area contributed by atoms with E-state index >= 15 is 0 Å². The second kappa shape index (κ2) is 3.82. The van der Waals surface area contributed by atoms with Crippen LogP contribution in [0.15, 0.2) is 0 Å². The first-order valence-electron chi connectivity index (χ1n) is 6.06. The Morgan fingerprint density at radius 2 is 2.00 bits per heavy atom. The number of nitrogens with zero attached hydrogens (tertiary/aromatic N) is 1. The average Bonchev–Trinajstić information content (AvgIpc) is 2.41. The molecule has 0 bridgehead atoms. The van der Waals surface area contributed by atoms with Gasteiger partial charge in [0.25, 0.3) is 0 Å².